The number of pyridine rings is 1. The third-order valence-corrected chi connectivity index (χ3v) is 7.73. The number of ether oxygens (including phenoxy) is 1. The summed E-state index contributed by atoms with van der Waals surface area (Å²) in [6.45, 7) is 0.851. The Balaban J connectivity index is 2.15. The van der Waals surface area contributed by atoms with Gasteiger partial charge in [-0.25, -0.2) is 17.2 Å². The van der Waals surface area contributed by atoms with Gasteiger partial charge in [0.2, 0.25) is 9.84 Å². The van der Waals surface area contributed by atoms with E-state index in [0.717, 1.165) is 12.1 Å². The summed E-state index contributed by atoms with van der Waals surface area (Å²) in [6.07, 6.45) is -5.17. The van der Waals surface area contributed by atoms with Crippen LogP contribution in [0.3, 0.4) is 0 Å². The Kier molecular flexibility index (Phi) is 8.42. The number of nitrogens with zero attached hydrogens (tertiary/aromatic N) is 2. The van der Waals surface area contributed by atoms with Crippen LogP contribution in [0.1, 0.15) is 23.6 Å². The van der Waals surface area contributed by atoms with Crippen LogP contribution in [-0.2, 0) is 27.3 Å². The summed E-state index contributed by atoms with van der Waals surface area (Å²) in [5.74, 6) is -2.84. The summed E-state index contributed by atoms with van der Waals surface area (Å²) in [4.78, 5) is 13.0. The van der Waals surface area contributed by atoms with Crippen molar-refractivity contribution < 1.29 is 35.1 Å². The molecule has 0 saturated heterocycles. The Morgan fingerprint density at radius 2 is 1.63 bits per heavy atom. The monoisotopic (exact) mass is 588 g/mol. The molecule has 0 aliphatic rings. The Bertz CT molecular complexity index is 1810. The highest BCUT2D eigenvalue weighted by atomic mass is 32.2. The van der Waals surface area contributed by atoms with Gasteiger partial charge in [0.25, 0.3) is 5.56 Å². The summed E-state index contributed by atoms with van der Waals surface area (Å²) in [5.41, 5.74) is -4.88. The summed E-state index contributed by atoms with van der Waals surface area (Å²) < 4.78 is 104. The fraction of sp³-hybridized carbons (Fsp3) is 0.172. The van der Waals surface area contributed by atoms with E-state index in [-0.39, 0.29) is 23.3 Å². The number of sulfone groups is 1. The molecule has 0 fully saturated rings. The lowest BCUT2D eigenvalue weighted by molar-refractivity contribution is -0.137. The van der Waals surface area contributed by atoms with Gasteiger partial charge in [0, 0.05) is 29.4 Å². The number of hydrogen-bond donors (Lipinski definition) is 0. The number of nitriles is 1. The minimum absolute atomic E-state index is 0.0196. The van der Waals surface area contributed by atoms with Crippen LogP contribution in [-0.4, -0.2) is 25.5 Å². The third-order valence-electron chi connectivity index (χ3n) is 6.19. The van der Waals surface area contributed by atoms with Gasteiger partial charge in [-0.05, 0) is 24.6 Å². The van der Waals surface area contributed by atoms with Crippen LogP contribution >= 0.6 is 0 Å². The largest absolute Gasteiger partial charge is 0.417 e. The highest BCUT2D eigenvalue weighted by Gasteiger charge is 2.37. The molecule has 0 aliphatic heterocycles. The zero-order chi connectivity index (χ0) is 29.9. The molecule has 0 unspecified atom stereocenters. The maximum atomic E-state index is 14.6. The molecular weight excluding hydrogens is 567 g/mol. The Hall–Kier alpha value is -4.34. The lowest BCUT2D eigenvalue weighted by Crippen LogP contribution is -2.29. The molecule has 0 aliphatic carbocycles. The molecule has 0 N–H and O–H groups in total. The van der Waals surface area contributed by atoms with Crippen molar-refractivity contribution >= 4 is 9.84 Å². The van der Waals surface area contributed by atoms with Gasteiger partial charge in [0.05, 0.1) is 22.7 Å². The van der Waals surface area contributed by atoms with Crippen molar-refractivity contribution in [2.24, 2.45) is 0 Å². The molecule has 6 nitrogen and oxygen atoms in total. The molecular formula is C29H21F5N2O4S. The van der Waals surface area contributed by atoms with E-state index in [1.54, 1.807) is 37.3 Å². The SMILES string of the molecule is CCOCS(=O)(=O)c1c(-c2ccccc2)cccc1-c1cc(C(F)(F)F)c(C#N)c(=O)n1Cc1ccc(F)cc1F. The van der Waals surface area contributed by atoms with Crippen molar-refractivity contribution in [3.05, 3.63) is 111 Å². The van der Waals surface area contributed by atoms with Gasteiger partial charge >= 0.3 is 6.18 Å². The molecule has 1 heterocycles. The van der Waals surface area contributed by atoms with Crippen LogP contribution in [0.2, 0.25) is 0 Å². The predicted molar refractivity (Wildman–Crippen MR) is 140 cm³/mol. The maximum Gasteiger partial charge on any atom is 0.417 e. The second-order valence-electron chi connectivity index (χ2n) is 8.83. The molecule has 0 radical (unpaired) electrons. The Morgan fingerprint density at radius 3 is 2.24 bits per heavy atom. The Morgan fingerprint density at radius 1 is 0.951 bits per heavy atom. The van der Waals surface area contributed by atoms with Crippen LogP contribution in [0.25, 0.3) is 22.4 Å². The highest BCUT2D eigenvalue weighted by molar-refractivity contribution is 7.91. The van der Waals surface area contributed by atoms with Crippen molar-refractivity contribution in [1.82, 2.24) is 4.57 Å². The van der Waals surface area contributed by atoms with Gasteiger partial charge in [-0.3, -0.25) is 4.79 Å². The highest BCUT2D eigenvalue weighted by Crippen LogP contribution is 2.39. The van der Waals surface area contributed by atoms with E-state index < -0.39 is 67.4 Å². The molecule has 0 saturated carbocycles. The first-order chi connectivity index (χ1) is 19.4. The molecule has 4 aromatic rings. The van der Waals surface area contributed by atoms with Gasteiger partial charge < -0.3 is 9.30 Å². The van der Waals surface area contributed by atoms with E-state index >= 15 is 0 Å². The van der Waals surface area contributed by atoms with Crippen molar-refractivity contribution in [2.45, 2.75) is 24.5 Å². The van der Waals surface area contributed by atoms with Crippen LogP contribution in [0, 0.1) is 23.0 Å². The molecule has 212 valence electrons. The van der Waals surface area contributed by atoms with Gasteiger partial charge in [0.1, 0.15) is 23.3 Å². The lowest BCUT2D eigenvalue weighted by atomic mass is 9.98. The first-order valence-electron chi connectivity index (χ1n) is 12.1. The fourth-order valence-electron chi connectivity index (χ4n) is 4.35. The lowest BCUT2D eigenvalue weighted by Gasteiger charge is -2.21. The summed E-state index contributed by atoms with van der Waals surface area (Å²) in [5, 5.41) is 9.48. The van der Waals surface area contributed by atoms with Crippen LogP contribution < -0.4 is 5.56 Å². The van der Waals surface area contributed by atoms with Crippen LogP contribution in [0.15, 0.2) is 82.5 Å². The van der Waals surface area contributed by atoms with Crippen molar-refractivity contribution in [2.75, 3.05) is 12.5 Å². The van der Waals surface area contributed by atoms with Gasteiger partial charge in [-0.2, -0.15) is 18.4 Å². The molecule has 1 aromatic heterocycles. The molecule has 0 atom stereocenters. The minimum Gasteiger partial charge on any atom is -0.365 e. The number of halogens is 5. The number of alkyl halides is 3. The zero-order valence-corrected chi connectivity index (χ0v) is 22.2. The van der Waals surface area contributed by atoms with Crippen LogP contribution in [0.4, 0.5) is 22.0 Å². The van der Waals surface area contributed by atoms with E-state index in [0.29, 0.717) is 22.3 Å². The molecule has 0 bridgehead atoms. The molecule has 0 amide bonds. The topological polar surface area (TPSA) is 89.2 Å². The maximum absolute atomic E-state index is 14.6. The van der Waals surface area contributed by atoms with Gasteiger partial charge in [-0.15, -0.1) is 0 Å². The molecule has 12 heteroatoms. The smallest absolute Gasteiger partial charge is 0.365 e. The Labute approximate surface area is 231 Å². The summed E-state index contributed by atoms with van der Waals surface area (Å²) in [7, 11) is -4.37. The van der Waals surface area contributed by atoms with E-state index in [1.165, 1.54) is 24.3 Å². The number of hydrogen-bond acceptors (Lipinski definition) is 5. The third kappa shape index (κ3) is 6.06. The number of rotatable bonds is 8. The summed E-state index contributed by atoms with van der Waals surface area (Å²) in [6, 6.07) is 16.4. The van der Waals surface area contributed by atoms with E-state index in [1.807, 2.05) is 0 Å². The van der Waals surface area contributed by atoms with Crippen molar-refractivity contribution in [1.29, 1.82) is 5.26 Å². The van der Waals surface area contributed by atoms with Crippen LogP contribution in [0.5, 0.6) is 0 Å². The van der Waals surface area contributed by atoms with Gasteiger partial charge in [0.15, 0.2) is 5.94 Å². The number of aromatic nitrogens is 1. The minimum atomic E-state index is -5.17. The van der Waals surface area contributed by atoms with E-state index in [9.17, 15) is 40.4 Å². The normalized spacial score (nSPS) is 11.8. The first-order valence-corrected chi connectivity index (χ1v) is 13.7. The zero-order valence-electron chi connectivity index (χ0n) is 21.4. The predicted octanol–water partition coefficient (Wildman–Crippen LogP) is 6.17. The van der Waals surface area contributed by atoms with E-state index in [4.69, 9.17) is 4.74 Å². The average molecular weight is 589 g/mol. The second kappa shape index (κ2) is 11.6. The summed E-state index contributed by atoms with van der Waals surface area (Å²) >= 11 is 0. The fourth-order valence-corrected chi connectivity index (χ4v) is 5.88. The van der Waals surface area contributed by atoms with Crippen molar-refractivity contribution in [3.63, 3.8) is 0 Å². The van der Waals surface area contributed by atoms with Crippen molar-refractivity contribution in [3.8, 4) is 28.5 Å². The van der Waals surface area contributed by atoms with Gasteiger partial charge in [-0.1, -0.05) is 54.6 Å². The average Bonchev–Trinajstić information content (AvgIpc) is 2.93. The standard InChI is InChI=1S/C29H21F5N2O4S/c1-2-40-17-41(38,39)27-21(18-7-4-3-5-8-18)9-6-10-22(27)26-14-24(29(32,33)34)23(15-35)28(37)36(26)16-19-11-12-20(30)13-25(19)31/h3-14H,2,16-17H2,1H3. The molecule has 41 heavy (non-hydrogen) atoms. The molecule has 4 rings (SSSR count). The molecule has 3 aromatic carbocycles. The quantitative estimate of drug-likeness (QED) is 0.230. The second-order valence-corrected chi connectivity index (χ2v) is 10.7. The number of benzene rings is 3. The van der Waals surface area contributed by atoms with E-state index in [2.05, 4.69) is 0 Å². The first kappa shape index (κ1) is 29.6. The molecule has 0 spiro atoms.